The lowest BCUT2D eigenvalue weighted by Crippen LogP contribution is -2.04. The summed E-state index contributed by atoms with van der Waals surface area (Å²) in [6.07, 6.45) is 1.14. The van der Waals surface area contributed by atoms with Crippen molar-refractivity contribution in [2.45, 2.75) is 6.92 Å². The van der Waals surface area contributed by atoms with E-state index in [1.807, 2.05) is 0 Å². The normalized spacial score (nSPS) is 13.3. The third kappa shape index (κ3) is 1.24. The van der Waals surface area contributed by atoms with E-state index in [0.717, 1.165) is 10.3 Å². The number of aromatic nitrogens is 4. The van der Waals surface area contributed by atoms with Gasteiger partial charge in [-0.2, -0.15) is 0 Å². The van der Waals surface area contributed by atoms with Crippen molar-refractivity contribution >= 4 is 28.2 Å². The van der Waals surface area contributed by atoms with Crippen LogP contribution in [0, 0.1) is 6.92 Å². The Labute approximate surface area is 81.4 Å². The van der Waals surface area contributed by atoms with E-state index in [-0.39, 0.29) is 11.5 Å². The maximum absolute atomic E-state index is 10.7. The van der Waals surface area contributed by atoms with Crippen LogP contribution in [0.15, 0.2) is 6.33 Å². The number of nitrogen functional groups attached to an aromatic ring is 1. The monoisotopic (exact) mass is 212 g/mol. The highest BCUT2D eigenvalue weighted by Crippen LogP contribution is 2.15. The second-order valence-corrected chi connectivity index (χ2v) is 3.44. The van der Waals surface area contributed by atoms with Gasteiger partial charge >= 0.3 is 0 Å². The van der Waals surface area contributed by atoms with E-state index < -0.39 is 11.3 Å². The molecule has 2 rings (SSSR count). The molecule has 0 aromatic carbocycles. The average Bonchev–Trinajstić information content (AvgIpc) is 2.47. The molecule has 2 heterocycles. The van der Waals surface area contributed by atoms with Crippen molar-refractivity contribution in [2.24, 2.45) is 0 Å². The van der Waals surface area contributed by atoms with Crippen molar-refractivity contribution in [3.63, 3.8) is 0 Å². The van der Waals surface area contributed by atoms with Crippen molar-refractivity contribution in [3.8, 4) is 0 Å². The van der Waals surface area contributed by atoms with E-state index in [0.29, 0.717) is 11.3 Å². The van der Waals surface area contributed by atoms with Gasteiger partial charge in [-0.15, -0.1) is 0 Å². The minimum absolute atomic E-state index is 0.178. The van der Waals surface area contributed by atoms with Gasteiger partial charge in [0.15, 0.2) is 17.0 Å². The molecule has 0 bridgehead atoms. The molecule has 0 radical (unpaired) electrons. The van der Waals surface area contributed by atoms with Crippen molar-refractivity contribution in [1.29, 1.82) is 0 Å². The molecule has 0 amide bonds. The van der Waals surface area contributed by atoms with Crippen LogP contribution in [-0.4, -0.2) is 27.7 Å². The predicted molar refractivity (Wildman–Crippen MR) is 48.8 cm³/mol. The molecule has 1 unspecified atom stereocenters. The first-order valence-corrected chi connectivity index (χ1v) is 4.69. The predicted octanol–water partition coefficient (Wildman–Crippen LogP) is -0.641. The summed E-state index contributed by atoms with van der Waals surface area (Å²) in [5.74, 6) is 0.582. The highest BCUT2D eigenvalue weighted by atomic mass is 32.2. The Morgan fingerprint density at radius 2 is 2.29 bits per heavy atom. The van der Waals surface area contributed by atoms with Gasteiger partial charge < -0.3 is 10.3 Å². The van der Waals surface area contributed by atoms with Gasteiger partial charge in [-0.05, 0) is 6.92 Å². The summed E-state index contributed by atoms with van der Waals surface area (Å²) in [5, 5.41) is 0. The summed E-state index contributed by atoms with van der Waals surface area (Å²) >= 11 is -2.43. The molecule has 0 fully saturated rings. The molecule has 2 aromatic rings. The Balaban J connectivity index is 2.85. The molecule has 7 nitrogen and oxygen atoms in total. The van der Waals surface area contributed by atoms with Gasteiger partial charge in [-0.25, -0.2) is 18.9 Å². The number of hydrogen-bond acceptors (Lipinski definition) is 6. The fourth-order valence-electron chi connectivity index (χ4n) is 1.12. The number of fused-ring (bicyclic) bond motifs is 1. The van der Waals surface area contributed by atoms with E-state index >= 15 is 0 Å². The van der Waals surface area contributed by atoms with Crippen LogP contribution in [0.3, 0.4) is 0 Å². The summed E-state index contributed by atoms with van der Waals surface area (Å²) < 4.78 is 22.3. The second kappa shape index (κ2) is 3.00. The number of nitrogens with two attached hydrogens (primary N) is 1. The van der Waals surface area contributed by atoms with Gasteiger partial charge in [0.25, 0.3) is 0 Å². The van der Waals surface area contributed by atoms with E-state index in [2.05, 4.69) is 15.0 Å². The highest BCUT2D eigenvalue weighted by Gasteiger charge is 2.09. The summed E-state index contributed by atoms with van der Waals surface area (Å²) in [5.41, 5.74) is 6.03. The van der Waals surface area contributed by atoms with E-state index in [1.165, 1.54) is 0 Å². The molecule has 0 aliphatic rings. The zero-order valence-corrected chi connectivity index (χ0v) is 7.98. The standard InChI is InChI=1S/C6H7N5O2S/c1-3-9-5(7)4-6(10-3)11(2-8-4)14(12)13/h2H,1H3,(H,12,13)(H2,7,9,10)/p-1. The van der Waals surface area contributed by atoms with Crippen LogP contribution >= 0.6 is 0 Å². The molecule has 0 spiro atoms. The molecule has 0 saturated carbocycles. The van der Waals surface area contributed by atoms with Crippen LogP contribution in [0.1, 0.15) is 5.82 Å². The fourth-order valence-corrected chi connectivity index (χ4v) is 1.52. The smallest absolute Gasteiger partial charge is 0.176 e. The topological polar surface area (TPSA) is 110 Å². The van der Waals surface area contributed by atoms with Crippen molar-refractivity contribution < 1.29 is 8.76 Å². The Hall–Kier alpha value is -1.54. The van der Waals surface area contributed by atoms with Crippen LogP contribution in [0.4, 0.5) is 5.82 Å². The van der Waals surface area contributed by atoms with E-state index in [9.17, 15) is 8.76 Å². The Morgan fingerprint density at radius 1 is 1.57 bits per heavy atom. The summed E-state index contributed by atoms with van der Waals surface area (Å²) in [6, 6.07) is 0. The third-order valence-electron chi connectivity index (χ3n) is 1.67. The van der Waals surface area contributed by atoms with Crippen molar-refractivity contribution in [3.05, 3.63) is 12.2 Å². The lowest BCUT2D eigenvalue weighted by atomic mass is 10.5. The van der Waals surface area contributed by atoms with Gasteiger partial charge in [0.05, 0.1) is 11.3 Å². The molecule has 14 heavy (non-hydrogen) atoms. The number of hydrogen-bond donors (Lipinski definition) is 1. The molecule has 74 valence electrons. The number of anilines is 1. The Bertz CT molecular complexity index is 522. The molecule has 0 aliphatic heterocycles. The van der Waals surface area contributed by atoms with Crippen LogP contribution < -0.4 is 5.73 Å². The minimum atomic E-state index is -2.43. The van der Waals surface area contributed by atoms with Crippen LogP contribution in [-0.2, 0) is 11.3 Å². The van der Waals surface area contributed by atoms with E-state index in [4.69, 9.17) is 5.73 Å². The lowest BCUT2D eigenvalue weighted by molar-refractivity contribution is 0.529. The number of aryl methyl sites for hydroxylation is 1. The molecule has 0 aliphatic carbocycles. The summed E-state index contributed by atoms with van der Waals surface area (Å²) in [4.78, 5) is 11.6. The molecule has 0 saturated heterocycles. The van der Waals surface area contributed by atoms with Gasteiger partial charge in [0.1, 0.15) is 12.2 Å². The number of nitrogens with zero attached hydrogens (tertiary/aromatic N) is 4. The largest absolute Gasteiger partial charge is 0.755 e. The van der Waals surface area contributed by atoms with Crippen LogP contribution in [0.5, 0.6) is 0 Å². The van der Waals surface area contributed by atoms with Gasteiger partial charge in [-0.1, -0.05) is 0 Å². The van der Waals surface area contributed by atoms with Crippen molar-refractivity contribution in [2.75, 3.05) is 5.73 Å². The number of imidazole rings is 1. The zero-order chi connectivity index (χ0) is 10.3. The minimum Gasteiger partial charge on any atom is -0.755 e. The van der Waals surface area contributed by atoms with Gasteiger partial charge in [0.2, 0.25) is 0 Å². The molecule has 8 heteroatoms. The zero-order valence-electron chi connectivity index (χ0n) is 7.17. The summed E-state index contributed by atoms with van der Waals surface area (Å²) in [7, 11) is 0. The quantitative estimate of drug-likeness (QED) is 0.629. The third-order valence-corrected chi connectivity index (χ3v) is 2.25. The maximum atomic E-state index is 10.7. The summed E-state index contributed by atoms with van der Waals surface area (Å²) in [6.45, 7) is 1.63. The average molecular weight is 212 g/mol. The molecular formula is C6H6N5O2S-. The van der Waals surface area contributed by atoms with Crippen LogP contribution in [0.2, 0.25) is 0 Å². The Kier molecular flexibility index (Phi) is 1.93. The first kappa shape index (κ1) is 9.03. The molecule has 2 aromatic heterocycles. The maximum Gasteiger partial charge on any atom is 0.176 e. The second-order valence-electron chi connectivity index (χ2n) is 2.62. The Morgan fingerprint density at radius 3 is 2.93 bits per heavy atom. The molecule has 1 atom stereocenters. The van der Waals surface area contributed by atoms with Gasteiger partial charge in [-0.3, -0.25) is 4.21 Å². The molecule has 2 N–H and O–H groups in total. The fraction of sp³-hybridized carbons (Fsp3) is 0.167. The van der Waals surface area contributed by atoms with Crippen LogP contribution in [0.25, 0.3) is 11.2 Å². The highest BCUT2D eigenvalue weighted by molar-refractivity contribution is 7.77. The first-order chi connectivity index (χ1) is 6.59. The number of rotatable bonds is 1. The van der Waals surface area contributed by atoms with Gasteiger partial charge in [0, 0.05) is 0 Å². The van der Waals surface area contributed by atoms with Crippen molar-refractivity contribution in [1.82, 2.24) is 18.9 Å². The molecular weight excluding hydrogens is 206 g/mol. The van der Waals surface area contributed by atoms with E-state index in [1.54, 1.807) is 6.92 Å². The SMILES string of the molecule is Cc1nc(N)c2ncn(S(=O)[O-])c2n1. The lowest BCUT2D eigenvalue weighted by Gasteiger charge is -2.05. The first-order valence-electron chi connectivity index (χ1n) is 3.66.